The summed E-state index contributed by atoms with van der Waals surface area (Å²) in [5.74, 6) is 1.28. The molecule has 0 fully saturated rings. The molecule has 27 heavy (non-hydrogen) atoms. The molecule has 4 rings (SSSR count). The number of rotatable bonds is 5. The molecular formula is C19H15FN4O2S. The second kappa shape index (κ2) is 7.32. The van der Waals surface area contributed by atoms with Gasteiger partial charge in [-0.3, -0.25) is 0 Å². The van der Waals surface area contributed by atoms with E-state index in [9.17, 15) is 4.39 Å². The van der Waals surface area contributed by atoms with Gasteiger partial charge in [0.1, 0.15) is 5.82 Å². The summed E-state index contributed by atoms with van der Waals surface area (Å²) in [6.45, 7) is 3.69. The Morgan fingerprint density at radius 2 is 1.89 bits per heavy atom. The minimum Gasteiger partial charge on any atom is -0.411 e. The molecule has 0 unspecified atom stereocenters. The van der Waals surface area contributed by atoms with Crippen molar-refractivity contribution in [2.45, 2.75) is 24.8 Å². The predicted octanol–water partition coefficient (Wildman–Crippen LogP) is 4.83. The van der Waals surface area contributed by atoms with Gasteiger partial charge < -0.3 is 8.94 Å². The first kappa shape index (κ1) is 17.4. The summed E-state index contributed by atoms with van der Waals surface area (Å²) in [5, 5.41) is 12.4. The maximum atomic E-state index is 13.7. The fraction of sp³-hybridized carbons (Fsp3) is 0.158. The molecule has 0 aliphatic rings. The van der Waals surface area contributed by atoms with Crippen LogP contribution in [0.1, 0.15) is 17.0 Å². The molecule has 0 N–H and O–H groups in total. The third-order valence-corrected chi connectivity index (χ3v) is 4.80. The summed E-state index contributed by atoms with van der Waals surface area (Å²) in [4.78, 5) is 4.29. The molecule has 2 aromatic carbocycles. The monoisotopic (exact) mass is 382 g/mol. The molecule has 6 nitrogen and oxygen atoms in total. The summed E-state index contributed by atoms with van der Waals surface area (Å²) in [6, 6.07) is 12.6. The number of hydrogen-bond acceptors (Lipinski definition) is 7. The van der Waals surface area contributed by atoms with E-state index in [1.165, 1.54) is 17.8 Å². The SMILES string of the molecule is Cc1ccc(-c2noc(CSc3nnc(-c4ccccc4C)o3)n2)cc1F. The number of benzene rings is 2. The average molecular weight is 382 g/mol. The summed E-state index contributed by atoms with van der Waals surface area (Å²) < 4.78 is 24.6. The summed E-state index contributed by atoms with van der Waals surface area (Å²) in [5.41, 5.74) is 3.10. The van der Waals surface area contributed by atoms with E-state index in [4.69, 9.17) is 8.94 Å². The smallest absolute Gasteiger partial charge is 0.277 e. The van der Waals surface area contributed by atoms with Crippen molar-refractivity contribution < 1.29 is 13.3 Å². The van der Waals surface area contributed by atoms with Crippen LogP contribution in [0.3, 0.4) is 0 Å². The van der Waals surface area contributed by atoms with E-state index in [0.29, 0.717) is 39.7 Å². The van der Waals surface area contributed by atoms with E-state index >= 15 is 0 Å². The highest BCUT2D eigenvalue weighted by Gasteiger charge is 2.14. The number of hydrogen-bond donors (Lipinski definition) is 0. The molecular weight excluding hydrogens is 367 g/mol. The average Bonchev–Trinajstić information content (AvgIpc) is 3.32. The van der Waals surface area contributed by atoms with Crippen molar-refractivity contribution in [1.82, 2.24) is 20.3 Å². The summed E-state index contributed by atoms with van der Waals surface area (Å²) in [6.07, 6.45) is 0. The lowest BCUT2D eigenvalue weighted by Crippen LogP contribution is -1.86. The van der Waals surface area contributed by atoms with Gasteiger partial charge in [-0.05, 0) is 37.1 Å². The second-order valence-electron chi connectivity index (χ2n) is 5.95. The second-order valence-corrected chi connectivity index (χ2v) is 6.88. The quantitative estimate of drug-likeness (QED) is 0.457. The van der Waals surface area contributed by atoms with E-state index in [1.54, 1.807) is 19.1 Å². The number of aryl methyl sites for hydroxylation is 2. The van der Waals surface area contributed by atoms with Crippen molar-refractivity contribution in [3.05, 3.63) is 65.3 Å². The fourth-order valence-electron chi connectivity index (χ4n) is 2.48. The van der Waals surface area contributed by atoms with Crippen LogP contribution < -0.4 is 0 Å². The molecule has 8 heteroatoms. The van der Waals surface area contributed by atoms with Gasteiger partial charge in [0.05, 0.1) is 5.75 Å². The van der Waals surface area contributed by atoms with E-state index < -0.39 is 0 Å². The molecule has 0 bridgehead atoms. The maximum absolute atomic E-state index is 13.7. The van der Waals surface area contributed by atoms with Crippen LogP contribution in [0.4, 0.5) is 4.39 Å². The van der Waals surface area contributed by atoms with Gasteiger partial charge in [-0.15, -0.1) is 10.2 Å². The Bertz CT molecular complexity index is 1090. The van der Waals surface area contributed by atoms with Crippen LogP contribution in [0.25, 0.3) is 22.8 Å². The van der Waals surface area contributed by atoms with E-state index in [1.807, 2.05) is 31.2 Å². The molecule has 0 atom stereocenters. The molecule has 0 radical (unpaired) electrons. The number of nitrogens with zero attached hydrogens (tertiary/aromatic N) is 4. The number of aromatic nitrogens is 4. The Hall–Kier alpha value is -3.00. The third kappa shape index (κ3) is 3.75. The predicted molar refractivity (Wildman–Crippen MR) is 98.5 cm³/mol. The van der Waals surface area contributed by atoms with Crippen LogP contribution in [0.15, 0.2) is 56.6 Å². The highest BCUT2D eigenvalue weighted by Crippen LogP contribution is 2.27. The van der Waals surface area contributed by atoms with Gasteiger partial charge in [0.15, 0.2) is 0 Å². The van der Waals surface area contributed by atoms with Crippen LogP contribution in [-0.2, 0) is 5.75 Å². The standard InChI is InChI=1S/C19H15FN4O2S/c1-11-5-3-4-6-14(11)18-22-23-19(25-18)27-10-16-21-17(24-26-16)13-8-7-12(2)15(20)9-13/h3-9H,10H2,1-2H3. The fourth-order valence-corrected chi connectivity index (χ4v) is 3.08. The molecule has 136 valence electrons. The van der Waals surface area contributed by atoms with Crippen molar-refractivity contribution in [1.29, 1.82) is 0 Å². The molecule has 4 aromatic rings. The van der Waals surface area contributed by atoms with E-state index in [0.717, 1.165) is 11.1 Å². The third-order valence-electron chi connectivity index (χ3n) is 4.00. The lowest BCUT2D eigenvalue weighted by molar-refractivity contribution is 0.391. The minimum atomic E-state index is -0.303. The molecule has 0 aliphatic carbocycles. The van der Waals surface area contributed by atoms with Crippen molar-refractivity contribution in [3.8, 4) is 22.8 Å². The Morgan fingerprint density at radius 1 is 1.04 bits per heavy atom. The first-order chi connectivity index (χ1) is 13.1. The highest BCUT2D eigenvalue weighted by atomic mass is 32.2. The van der Waals surface area contributed by atoms with Crippen LogP contribution in [0.2, 0.25) is 0 Å². The Labute approximate surface area is 158 Å². The van der Waals surface area contributed by atoms with Crippen LogP contribution in [-0.4, -0.2) is 20.3 Å². The highest BCUT2D eigenvalue weighted by molar-refractivity contribution is 7.98. The minimum absolute atomic E-state index is 0.303. The van der Waals surface area contributed by atoms with Gasteiger partial charge in [0.25, 0.3) is 5.22 Å². The number of thioether (sulfide) groups is 1. The lowest BCUT2D eigenvalue weighted by atomic mass is 10.1. The lowest BCUT2D eigenvalue weighted by Gasteiger charge is -1.98. The maximum Gasteiger partial charge on any atom is 0.277 e. The van der Waals surface area contributed by atoms with E-state index in [-0.39, 0.29) is 5.82 Å². The molecule has 2 heterocycles. The Kier molecular flexibility index (Phi) is 4.72. The first-order valence-electron chi connectivity index (χ1n) is 8.21. The van der Waals surface area contributed by atoms with Crippen molar-refractivity contribution in [3.63, 3.8) is 0 Å². The molecule has 2 aromatic heterocycles. The molecule has 0 saturated heterocycles. The summed E-state index contributed by atoms with van der Waals surface area (Å²) >= 11 is 1.30. The topological polar surface area (TPSA) is 77.8 Å². The zero-order valence-electron chi connectivity index (χ0n) is 14.6. The molecule has 0 saturated carbocycles. The molecule has 0 amide bonds. The van der Waals surface area contributed by atoms with Crippen LogP contribution in [0, 0.1) is 19.7 Å². The van der Waals surface area contributed by atoms with Crippen LogP contribution in [0.5, 0.6) is 0 Å². The van der Waals surface area contributed by atoms with Gasteiger partial charge >= 0.3 is 0 Å². The normalized spacial score (nSPS) is 11.1. The van der Waals surface area contributed by atoms with Crippen LogP contribution >= 0.6 is 11.8 Å². The molecule has 0 spiro atoms. The number of halogens is 1. The Morgan fingerprint density at radius 3 is 2.70 bits per heavy atom. The van der Waals surface area contributed by atoms with Gasteiger partial charge in [-0.2, -0.15) is 4.98 Å². The van der Waals surface area contributed by atoms with Crippen molar-refractivity contribution in [2.24, 2.45) is 0 Å². The zero-order valence-corrected chi connectivity index (χ0v) is 15.5. The van der Waals surface area contributed by atoms with E-state index in [2.05, 4.69) is 20.3 Å². The van der Waals surface area contributed by atoms with Gasteiger partial charge in [-0.1, -0.05) is 47.3 Å². The van der Waals surface area contributed by atoms with Crippen molar-refractivity contribution in [2.75, 3.05) is 0 Å². The van der Waals surface area contributed by atoms with Gasteiger partial charge in [-0.25, -0.2) is 4.39 Å². The first-order valence-corrected chi connectivity index (χ1v) is 9.20. The zero-order chi connectivity index (χ0) is 18.8. The van der Waals surface area contributed by atoms with Gasteiger partial charge in [0.2, 0.25) is 17.6 Å². The largest absolute Gasteiger partial charge is 0.411 e. The summed E-state index contributed by atoms with van der Waals surface area (Å²) in [7, 11) is 0. The molecule has 0 aliphatic heterocycles. The van der Waals surface area contributed by atoms with Crippen molar-refractivity contribution >= 4 is 11.8 Å². The van der Waals surface area contributed by atoms with Gasteiger partial charge in [0, 0.05) is 11.1 Å². The Balaban J connectivity index is 1.45.